The largest absolute Gasteiger partial charge is 0.352 e. The first-order valence-electron chi connectivity index (χ1n) is 5.50. The molecule has 1 aromatic carbocycles. The van der Waals surface area contributed by atoms with Crippen LogP contribution in [0.15, 0.2) is 29.3 Å². The fourth-order valence-corrected chi connectivity index (χ4v) is 4.43. The lowest BCUT2D eigenvalue weighted by molar-refractivity contribution is -0.0235. The van der Waals surface area contributed by atoms with Gasteiger partial charge in [0, 0.05) is 12.7 Å². The maximum absolute atomic E-state index is 5.81. The van der Waals surface area contributed by atoms with Gasteiger partial charge in [0.1, 0.15) is 0 Å². The summed E-state index contributed by atoms with van der Waals surface area (Å²) in [7, 11) is 1.77. The van der Waals surface area contributed by atoms with Crippen molar-refractivity contribution in [2.45, 2.75) is 30.7 Å². The van der Waals surface area contributed by atoms with Crippen LogP contribution in [-0.4, -0.2) is 16.9 Å². The van der Waals surface area contributed by atoms with Crippen LogP contribution < -0.4 is 0 Å². The average Bonchev–Trinajstić information content (AvgIpc) is 2.62. The van der Waals surface area contributed by atoms with Crippen molar-refractivity contribution in [3.63, 3.8) is 0 Å². The lowest BCUT2D eigenvalue weighted by atomic mass is 9.97. The average molecular weight is 233 g/mol. The molecule has 0 fully saturated rings. The highest BCUT2D eigenvalue weighted by atomic mass is 32.2. The van der Waals surface area contributed by atoms with Crippen LogP contribution in [0.3, 0.4) is 0 Å². The molecule has 0 saturated heterocycles. The molecule has 1 heterocycles. The number of thioether (sulfide) groups is 1. The number of hydrogen-bond donors (Lipinski definition) is 0. The minimum atomic E-state index is -0.460. The van der Waals surface area contributed by atoms with Crippen molar-refractivity contribution in [2.24, 2.45) is 4.99 Å². The monoisotopic (exact) mass is 233 g/mol. The fraction of sp³-hybridized carbons (Fsp3) is 0.462. The number of aliphatic imine (C=N–C) groups is 1. The quantitative estimate of drug-likeness (QED) is 0.743. The molecule has 16 heavy (non-hydrogen) atoms. The van der Waals surface area contributed by atoms with E-state index in [4.69, 9.17) is 9.73 Å². The van der Waals surface area contributed by atoms with E-state index in [1.165, 1.54) is 11.1 Å². The van der Waals surface area contributed by atoms with Gasteiger partial charge in [0.25, 0.3) is 0 Å². The first-order valence-corrected chi connectivity index (χ1v) is 6.32. The van der Waals surface area contributed by atoms with Crippen LogP contribution in [0.2, 0.25) is 0 Å². The third kappa shape index (κ3) is 1.05. The number of fused-ring (bicyclic) bond motifs is 3. The molecule has 84 valence electrons. The van der Waals surface area contributed by atoms with Gasteiger partial charge in [-0.15, -0.1) is 0 Å². The number of rotatable bonds is 1. The predicted octanol–water partition coefficient (Wildman–Crippen LogP) is 2.97. The highest BCUT2D eigenvalue weighted by Gasteiger charge is 2.60. The third-order valence-corrected chi connectivity index (χ3v) is 4.87. The molecule has 0 aromatic heterocycles. The van der Waals surface area contributed by atoms with E-state index in [0.717, 1.165) is 11.5 Å². The maximum atomic E-state index is 5.81. The molecule has 0 saturated carbocycles. The fourth-order valence-electron chi connectivity index (χ4n) is 3.00. The Morgan fingerprint density at radius 2 is 2.12 bits per heavy atom. The van der Waals surface area contributed by atoms with Gasteiger partial charge in [-0.3, -0.25) is 0 Å². The van der Waals surface area contributed by atoms with Gasteiger partial charge in [0.05, 0.1) is 9.79 Å². The summed E-state index contributed by atoms with van der Waals surface area (Å²) < 4.78 is 5.84. The second-order valence-electron chi connectivity index (χ2n) is 4.65. The molecule has 3 heteroatoms. The smallest absolute Gasteiger partial charge is 0.200 e. The molecule has 0 N–H and O–H groups in total. The molecule has 2 unspecified atom stereocenters. The Balaban J connectivity index is 2.26. The van der Waals surface area contributed by atoms with Crippen LogP contribution >= 0.6 is 11.8 Å². The predicted molar refractivity (Wildman–Crippen MR) is 67.9 cm³/mol. The van der Waals surface area contributed by atoms with Crippen molar-refractivity contribution in [1.82, 2.24) is 0 Å². The van der Waals surface area contributed by atoms with Crippen LogP contribution in [0.1, 0.15) is 25.0 Å². The van der Waals surface area contributed by atoms with E-state index in [1.807, 2.05) is 11.8 Å². The summed E-state index contributed by atoms with van der Waals surface area (Å²) in [5, 5.41) is 1.12. The van der Waals surface area contributed by atoms with Crippen molar-refractivity contribution in [2.75, 3.05) is 7.11 Å². The Hall–Kier alpha value is -0.800. The summed E-state index contributed by atoms with van der Waals surface area (Å²) >= 11 is 1.84. The molecule has 2 nitrogen and oxygen atoms in total. The van der Waals surface area contributed by atoms with Crippen LogP contribution in [-0.2, 0) is 16.9 Å². The number of methoxy groups -OCH3 is 1. The van der Waals surface area contributed by atoms with Gasteiger partial charge in [-0.2, -0.15) is 0 Å². The molecule has 2 aliphatic rings. The molecule has 0 amide bonds. The summed E-state index contributed by atoms with van der Waals surface area (Å²) in [6, 6.07) is 8.49. The van der Waals surface area contributed by atoms with Crippen LogP contribution in [0.5, 0.6) is 0 Å². The van der Waals surface area contributed by atoms with Crippen LogP contribution in [0.4, 0.5) is 0 Å². The SMILES string of the molecule is COC12N=C(C)SC1(C)Cc1ccccc12. The molecule has 0 bridgehead atoms. The number of nitrogens with zero attached hydrogens (tertiary/aromatic N) is 1. The van der Waals surface area contributed by atoms with E-state index < -0.39 is 5.72 Å². The summed E-state index contributed by atoms with van der Waals surface area (Å²) in [4.78, 5) is 4.77. The van der Waals surface area contributed by atoms with Gasteiger partial charge in [-0.1, -0.05) is 36.0 Å². The number of ether oxygens (including phenoxy) is 1. The minimum Gasteiger partial charge on any atom is -0.352 e. The standard InChI is InChI=1S/C13H15NOS/c1-9-14-13(15-3)11-7-5-4-6-10(11)8-12(13,2)16-9/h4-7H,8H2,1-3H3. The highest BCUT2D eigenvalue weighted by Crippen LogP contribution is 2.58. The Bertz CT molecular complexity index is 485. The maximum Gasteiger partial charge on any atom is 0.200 e. The van der Waals surface area contributed by atoms with Gasteiger partial charge in [-0.05, 0) is 25.8 Å². The number of benzene rings is 1. The Kier molecular flexibility index (Phi) is 2.01. The Labute approximate surface area is 100 Å². The summed E-state index contributed by atoms with van der Waals surface area (Å²) in [6.45, 7) is 4.32. The molecule has 3 rings (SSSR count). The normalized spacial score (nSPS) is 35.8. The Morgan fingerprint density at radius 3 is 2.88 bits per heavy atom. The molecular weight excluding hydrogens is 218 g/mol. The van der Waals surface area contributed by atoms with E-state index in [2.05, 4.69) is 38.1 Å². The molecule has 0 radical (unpaired) electrons. The van der Waals surface area contributed by atoms with Crippen LogP contribution in [0.25, 0.3) is 0 Å². The lowest BCUT2D eigenvalue weighted by Gasteiger charge is -2.33. The summed E-state index contributed by atoms with van der Waals surface area (Å²) in [6.07, 6.45) is 1.03. The Morgan fingerprint density at radius 1 is 1.38 bits per heavy atom. The minimum absolute atomic E-state index is 0.0233. The molecule has 1 aliphatic carbocycles. The summed E-state index contributed by atoms with van der Waals surface area (Å²) in [5.41, 5.74) is 2.15. The zero-order valence-corrected chi connectivity index (χ0v) is 10.6. The molecule has 2 atom stereocenters. The zero-order valence-electron chi connectivity index (χ0n) is 9.78. The topological polar surface area (TPSA) is 21.6 Å². The van der Waals surface area contributed by atoms with Gasteiger partial charge in [-0.25, -0.2) is 4.99 Å². The van der Waals surface area contributed by atoms with E-state index in [-0.39, 0.29) is 4.75 Å². The second-order valence-corrected chi connectivity index (χ2v) is 6.34. The highest BCUT2D eigenvalue weighted by molar-refractivity contribution is 8.15. The number of hydrogen-bond acceptors (Lipinski definition) is 3. The lowest BCUT2D eigenvalue weighted by Crippen LogP contribution is -2.41. The molecule has 0 spiro atoms. The molecule has 1 aliphatic heterocycles. The zero-order chi connectivity index (χ0) is 11.4. The van der Waals surface area contributed by atoms with E-state index in [0.29, 0.717) is 0 Å². The van der Waals surface area contributed by atoms with Crippen molar-refractivity contribution < 1.29 is 4.74 Å². The van der Waals surface area contributed by atoms with E-state index >= 15 is 0 Å². The van der Waals surface area contributed by atoms with E-state index in [1.54, 1.807) is 7.11 Å². The first kappa shape index (κ1) is 10.4. The van der Waals surface area contributed by atoms with Crippen molar-refractivity contribution >= 4 is 16.8 Å². The van der Waals surface area contributed by atoms with Crippen molar-refractivity contribution in [3.05, 3.63) is 35.4 Å². The van der Waals surface area contributed by atoms with Gasteiger partial charge < -0.3 is 4.74 Å². The first-order chi connectivity index (χ1) is 7.61. The van der Waals surface area contributed by atoms with Gasteiger partial charge >= 0.3 is 0 Å². The van der Waals surface area contributed by atoms with Crippen molar-refractivity contribution in [1.29, 1.82) is 0 Å². The molecular formula is C13H15NOS. The second kappa shape index (κ2) is 3.11. The molecule has 1 aromatic rings. The van der Waals surface area contributed by atoms with Gasteiger partial charge in [0.15, 0.2) is 0 Å². The van der Waals surface area contributed by atoms with E-state index in [9.17, 15) is 0 Å². The van der Waals surface area contributed by atoms with Gasteiger partial charge in [0.2, 0.25) is 5.72 Å². The summed E-state index contributed by atoms with van der Waals surface area (Å²) in [5.74, 6) is 0. The third-order valence-electron chi connectivity index (χ3n) is 3.61. The van der Waals surface area contributed by atoms with Crippen molar-refractivity contribution in [3.8, 4) is 0 Å². The van der Waals surface area contributed by atoms with Crippen LogP contribution in [0, 0.1) is 0 Å².